The Morgan fingerprint density at radius 3 is 2.91 bits per heavy atom. The molecule has 6 rings (SSSR count). The molecular formula is C25H31N7O. The number of aromatic nitrogens is 5. The minimum atomic E-state index is -0.703. The topological polar surface area (TPSA) is 84.0 Å². The van der Waals surface area contributed by atoms with Crippen LogP contribution in [0.2, 0.25) is 0 Å². The summed E-state index contributed by atoms with van der Waals surface area (Å²) in [5.41, 5.74) is 5.84. The summed E-state index contributed by atoms with van der Waals surface area (Å²) in [7, 11) is 1.98. The van der Waals surface area contributed by atoms with Crippen molar-refractivity contribution in [3.8, 4) is 11.3 Å². The summed E-state index contributed by atoms with van der Waals surface area (Å²) in [5, 5.41) is 19.2. The van der Waals surface area contributed by atoms with E-state index >= 15 is 0 Å². The number of hydrogen-bond donors (Lipinski definition) is 2. The number of likely N-dealkylation sites (tertiary alicyclic amines) is 1. The minimum Gasteiger partial charge on any atom is -0.365 e. The van der Waals surface area contributed by atoms with Gasteiger partial charge in [0.2, 0.25) is 0 Å². The average Bonchev–Trinajstić information content (AvgIpc) is 3.59. The smallest absolute Gasteiger partial charge is 0.163 e. The van der Waals surface area contributed by atoms with E-state index in [2.05, 4.69) is 49.2 Å². The minimum absolute atomic E-state index is 0.0383. The van der Waals surface area contributed by atoms with Crippen molar-refractivity contribution in [3.63, 3.8) is 0 Å². The van der Waals surface area contributed by atoms with E-state index in [0.717, 1.165) is 68.1 Å². The van der Waals surface area contributed by atoms with Crippen molar-refractivity contribution in [1.29, 1.82) is 0 Å². The maximum Gasteiger partial charge on any atom is 0.163 e. The van der Waals surface area contributed by atoms with E-state index in [9.17, 15) is 5.11 Å². The fraction of sp³-hybridized carbons (Fsp3) is 0.480. The lowest BCUT2D eigenvalue weighted by Gasteiger charge is -2.29. The van der Waals surface area contributed by atoms with Crippen LogP contribution in [0.3, 0.4) is 0 Å². The van der Waals surface area contributed by atoms with Gasteiger partial charge in [-0.25, -0.2) is 4.98 Å². The van der Waals surface area contributed by atoms with Crippen LogP contribution in [0.25, 0.3) is 17.3 Å². The summed E-state index contributed by atoms with van der Waals surface area (Å²) in [6.45, 7) is 4.65. The molecule has 0 bridgehead atoms. The SMILES string of the molecule is CC(NC(O)N1CCC2(CCn3nc(-c4cnc5c(c4)CCC=C5)cc32)C1)c1nccn1C. The van der Waals surface area contributed by atoms with E-state index in [-0.39, 0.29) is 11.5 Å². The van der Waals surface area contributed by atoms with Gasteiger partial charge in [0.15, 0.2) is 6.35 Å². The molecule has 8 heteroatoms. The van der Waals surface area contributed by atoms with Crippen LogP contribution < -0.4 is 5.32 Å². The lowest BCUT2D eigenvalue weighted by atomic mass is 9.82. The van der Waals surface area contributed by atoms with E-state index in [1.807, 2.05) is 30.9 Å². The molecule has 8 nitrogen and oxygen atoms in total. The molecular weight excluding hydrogens is 414 g/mol. The van der Waals surface area contributed by atoms with Gasteiger partial charge in [-0.05, 0) is 56.4 Å². The van der Waals surface area contributed by atoms with Crippen LogP contribution in [0.15, 0.2) is 36.8 Å². The molecule has 1 fully saturated rings. The molecule has 2 aliphatic heterocycles. The zero-order valence-electron chi connectivity index (χ0n) is 19.3. The summed E-state index contributed by atoms with van der Waals surface area (Å²) in [4.78, 5) is 11.2. The van der Waals surface area contributed by atoms with Crippen molar-refractivity contribution < 1.29 is 5.11 Å². The molecule has 0 saturated carbocycles. The highest BCUT2D eigenvalue weighted by atomic mass is 16.3. The van der Waals surface area contributed by atoms with E-state index in [1.54, 1.807) is 6.20 Å². The molecule has 3 aliphatic rings. The van der Waals surface area contributed by atoms with Gasteiger partial charge in [-0.15, -0.1) is 0 Å². The summed E-state index contributed by atoms with van der Waals surface area (Å²) >= 11 is 0. The molecule has 1 spiro atoms. The third kappa shape index (κ3) is 3.53. The highest BCUT2D eigenvalue weighted by molar-refractivity contribution is 5.64. The quantitative estimate of drug-likeness (QED) is 0.588. The molecule has 0 amide bonds. The number of pyridine rings is 1. The van der Waals surface area contributed by atoms with Gasteiger partial charge in [0.1, 0.15) is 5.82 Å². The van der Waals surface area contributed by atoms with Crippen molar-refractivity contribution in [2.45, 2.75) is 57.0 Å². The number of aryl methyl sites for hydroxylation is 3. The van der Waals surface area contributed by atoms with Crippen molar-refractivity contribution in [3.05, 3.63) is 59.6 Å². The Morgan fingerprint density at radius 2 is 2.06 bits per heavy atom. The Morgan fingerprint density at radius 1 is 1.18 bits per heavy atom. The number of rotatable bonds is 5. The molecule has 33 heavy (non-hydrogen) atoms. The number of nitrogens with zero attached hydrogens (tertiary/aromatic N) is 6. The molecule has 3 aromatic heterocycles. The Bertz CT molecular complexity index is 1210. The van der Waals surface area contributed by atoms with E-state index in [4.69, 9.17) is 5.10 Å². The zero-order valence-corrected chi connectivity index (χ0v) is 19.3. The van der Waals surface area contributed by atoms with Crippen LogP contribution in [0.5, 0.6) is 0 Å². The predicted molar refractivity (Wildman–Crippen MR) is 126 cm³/mol. The molecule has 5 heterocycles. The third-order valence-corrected chi connectivity index (χ3v) is 7.65. The molecule has 0 aromatic carbocycles. The summed E-state index contributed by atoms with van der Waals surface area (Å²) < 4.78 is 4.16. The highest BCUT2D eigenvalue weighted by Gasteiger charge is 2.47. The summed E-state index contributed by atoms with van der Waals surface area (Å²) in [5.74, 6) is 0.917. The van der Waals surface area contributed by atoms with Gasteiger partial charge < -0.3 is 9.67 Å². The number of allylic oxidation sites excluding steroid dienone is 1. The lowest BCUT2D eigenvalue weighted by Crippen LogP contribution is -2.46. The summed E-state index contributed by atoms with van der Waals surface area (Å²) in [6.07, 6.45) is 13.5. The first-order chi connectivity index (χ1) is 16.0. The van der Waals surface area contributed by atoms with Crippen molar-refractivity contribution >= 4 is 6.08 Å². The van der Waals surface area contributed by atoms with E-state index in [0.29, 0.717) is 0 Å². The fourth-order valence-corrected chi connectivity index (χ4v) is 5.77. The zero-order chi connectivity index (χ0) is 22.6. The molecule has 2 N–H and O–H groups in total. The Kier molecular flexibility index (Phi) is 4.97. The number of hydrogen-bond acceptors (Lipinski definition) is 6. The first-order valence-electron chi connectivity index (χ1n) is 11.9. The molecule has 0 radical (unpaired) electrons. The van der Waals surface area contributed by atoms with E-state index < -0.39 is 6.35 Å². The molecule has 172 valence electrons. The first-order valence-corrected chi connectivity index (χ1v) is 11.9. The maximum atomic E-state index is 10.9. The average molecular weight is 446 g/mol. The van der Waals surface area contributed by atoms with Crippen LogP contribution in [0.4, 0.5) is 0 Å². The normalized spacial score (nSPS) is 23.7. The monoisotopic (exact) mass is 445 g/mol. The molecule has 3 atom stereocenters. The second kappa shape index (κ2) is 7.90. The number of nitrogens with one attached hydrogen (secondary N) is 1. The van der Waals surface area contributed by atoms with Crippen LogP contribution in [-0.2, 0) is 25.4 Å². The third-order valence-electron chi connectivity index (χ3n) is 7.65. The van der Waals surface area contributed by atoms with Crippen molar-refractivity contribution in [1.82, 2.24) is 34.5 Å². The van der Waals surface area contributed by atoms with Gasteiger partial charge in [0.05, 0.1) is 17.4 Å². The second-order valence-electron chi connectivity index (χ2n) is 9.76. The van der Waals surface area contributed by atoms with Crippen LogP contribution in [0, 0.1) is 0 Å². The highest BCUT2D eigenvalue weighted by Crippen LogP contribution is 2.44. The Hall–Kier alpha value is -2.81. The van der Waals surface area contributed by atoms with Gasteiger partial charge >= 0.3 is 0 Å². The van der Waals surface area contributed by atoms with Gasteiger partial charge in [-0.3, -0.25) is 19.9 Å². The molecule has 3 aromatic rings. The van der Waals surface area contributed by atoms with E-state index in [1.165, 1.54) is 11.3 Å². The van der Waals surface area contributed by atoms with Gasteiger partial charge in [0, 0.05) is 61.9 Å². The summed E-state index contributed by atoms with van der Waals surface area (Å²) in [6, 6.07) is 4.47. The Balaban J connectivity index is 1.19. The van der Waals surface area contributed by atoms with Crippen LogP contribution in [0.1, 0.15) is 55.0 Å². The van der Waals surface area contributed by atoms with Crippen molar-refractivity contribution in [2.24, 2.45) is 7.05 Å². The van der Waals surface area contributed by atoms with Crippen molar-refractivity contribution in [2.75, 3.05) is 13.1 Å². The maximum absolute atomic E-state index is 10.9. The largest absolute Gasteiger partial charge is 0.365 e. The molecule has 1 aliphatic carbocycles. The second-order valence-corrected chi connectivity index (χ2v) is 9.76. The van der Waals surface area contributed by atoms with Crippen LogP contribution in [-0.4, -0.2) is 53.8 Å². The number of fused-ring (bicyclic) bond motifs is 3. The number of aliphatic hydroxyl groups is 1. The van der Waals surface area contributed by atoms with Gasteiger partial charge in [0.25, 0.3) is 0 Å². The van der Waals surface area contributed by atoms with Gasteiger partial charge in [-0.1, -0.05) is 6.08 Å². The van der Waals surface area contributed by atoms with Gasteiger partial charge in [-0.2, -0.15) is 5.10 Å². The predicted octanol–water partition coefficient (Wildman–Crippen LogP) is 2.61. The first kappa shape index (κ1) is 20.8. The number of imidazole rings is 1. The molecule has 3 unspecified atom stereocenters. The fourth-order valence-electron chi connectivity index (χ4n) is 5.77. The Labute approximate surface area is 194 Å². The standard InChI is InChI=1S/C25H31N7O/c1-17(23-26-9-12-30(23)2)28-24(33)31-10-7-25(16-31)8-11-32-22(25)14-21(29-32)19-13-18-5-3-4-6-20(18)27-15-19/h4,6,9,12-15,17,24,28,33H,3,5,7-8,10-11,16H2,1-2H3. The molecule has 1 saturated heterocycles. The number of aliphatic hydroxyl groups excluding tert-OH is 1. The lowest BCUT2D eigenvalue weighted by molar-refractivity contribution is -0.0191. The van der Waals surface area contributed by atoms with Crippen LogP contribution >= 0.6 is 0 Å².